The first-order valence-corrected chi connectivity index (χ1v) is 3.19. The standard InChI is InChI=1S/C7H7N3O2/c1-12-7-3-5(9-10-8)2-6(11)4-7/h2-4,11H,1H3. The van der Waals surface area contributed by atoms with Crippen molar-refractivity contribution in [2.75, 3.05) is 7.11 Å². The first-order valence-electron chi connectivity index (χ1n) is 3.19. The van der Waals surface area contributed by atoms with E-state index in [1.165, 1.54) is 25.3 Å². The van der Waals surface area contributed by atoms with Crippen molar-refractivity contribution in [2.45, 2.75) is 0 Å². The summed E-state index contributed by atoms with van der Waals surface area (Å²) in [5.41, 5.74) is 8.44. The molecule has 5 heteroatoms. The highest BCUT2D eigenvalue weighted by Crippen LogP contribution is 2.26. The number of benzene rings is 1. The molecular formula is C7H7N3O2. The molecule has 1 N–H and O–H groups in total. The summed E-state index contributed by atoms with van der Waals surface area (Å²) in [6.07, 6.45) is 0. The molecule has 1 rings (SSSR count). The fourth-order valence-corrected chi connectivity index (χ4v) is 0.795. The van der Waals surface area contributed by atoms with Gasteiger partial charge in [0.05, 0.1) is 7.11 Å². The van der Waals surface area contributed by atoms with E-state index in [1.807, 2.05) is 0 Å². The number of ether oxygens (including phenoxy) is 1. The van der Waals surface area contributed by atoms with Crippen LogP contribution in [-0.2, 0) is 0 Å². The van der Waals surface area contributed by atoms with Crippen molar-refractivity contribution < 1.29 is 9.84 Å². The molecule has 0 fully saturated rings. The van der Waals surface area contributed by atoms with Crippen LogP contribution in [0.3, 0.4) is 0 Å². The summed E-state index contributed by atoms with van der Waals surface area (Å²) >= 11 is 0. The van der Waals surface area contributed by atoms with Crippen LogP contribution in [0.2, 0.25) is 0 Å². The molecule has 0 amide bonds. The average molecular weight is 165 g/mol. The third-order valence-electron chi connectivity index (χ3n) is 1.27. The summed E-state index contributed by atoms with van der Waals surface area (Å²) in [6, 6.07) is 4.30. The van der Waals surface area contributed by atoms with E-state index in [4.69, 9.17) is 15.4 Å². The summed E-state index contributed by atoms with van der Waals surface area (Å²) < 4.78 is 4.84. The average Bonchev–Trinajstić information content (AvgIpc) is 2.04. The number of hydrogen-bond donors (Lipinski definition) is 1. The second-order valence-corrected chi connectivity index (χ2v) is 2.08. The monoisotopic (exact) mass is 165 g/mol. The summed E-state index contributed by atoms with van der Waals surface area (Å²) in [6.45, 7) is 0. The highest BCUT2D eigenvalue weighted by molar-refractivity contribution is 5.49. The van der Waals surface area contributed by atoms with E-state index in [0.717, 1.165) is 0 Å². The molecule has 0 spiro atoms. The second-order valence-electron chi connectivity index (χ2n) is 2.08. The van der Waals surface area contributed by atoms with Crippen LogP contribution in [0.1, 0.15) is 0 Å². The molecule has 5 nitrogen and oxygen atoms in total. The zero-order valence-corrected chi connectivity index (χ0v) is 6.43. The van der Waals surface area contributed by atoms with Crippen LogP contribution in [0.25, 0.3) is 10.4 Å². The van der Waals surface area contributed by atoms with E-state index in [2.05, 4.69) is 10.0 Å². The lowest BCUT2D eigenvalue weighted by atomic mass is 10.3. The van der Waals surface area contributed by atoms with Gasteiger partial charge in [-0.05, 0) is 17.7 Å². The van der Waals surface area contributed by atoms with Crippen molar-refractivity contribution in [2.24, 2.45) is 5.11 Å². The summed E-state index contributed by atoms with van der Waals surface area (Å²) in [5.74, 6) is 0.467. The van der Waals surface area contributed by atoms with Gasteiger partial charge in [0.15, 0.2) is 0 Å². The predicted octanol–water partition coefficient (Wildman–Crippen LogP) is 2.34. The van der Waals surface area contributed by atoms with E-state index < -0.39 is 0 Å². The molecule has 0 aliphatic heterocycles. The third kappa shape index (κ3) is 1.81. The largest absolute Gasteiger partial charge is 0.508 e. The molecule has 0 saturated heterocycles. The van der Waals surface area contributed by atoms with Crippen molar-refractivity contribution in [3.63, 3.8) is 0 Å². The van der Waals surface area contributed by atoms with Gasteiger partial charge < -0.3 is 9.84 Å². The highest BCUT2D eigenvalue weighted by atomic mass is 16.5. The van der Waals surface area contributed by atoms with Gasteiger partial charge in [-0.1, -0.05) is 5.11 Å². The Balaban J connectivity index is 3.14. The third-order valence-corrected chi connectivity index (χ3v) is 1.27. The first kappa shape index (κ1) is 8.23. The smallest absolute Gasteiger partial charge is 0.123 e. The molecular weight excluding hydrogens is 158 g/mol. The van der Waals surface area contributed by atoms with Gasteiger partial charge in [0.2, 0.25) is 0 Å². The Labute approximate surface area is 68.8 Å². The molecule has 62 valence electrons. The maximum Gasteiger partial charge on any atom is 0.123 e. The lowest BCUT2D eigenvalue weighted by Crippen LogP contribution is -1.80. The van der Waals surface area contributed by atoms with Crippen LogP contribution in [0, 0.1) is 0 Å². The highest BCUT2D eigenvalue weighted by Gasteiger charge is 1.97. The number of azide groups is 1. The molecule has 0 atom stereocenters. The van der Waals surface area contributed by atoms with Crippen LogP contribution in [0.4, 0.5) is 5.69 Å². The van der Waals surface area contributed by atoms with E-state index in [1.54, 1.807) is 0 Å². The Bertz CT molecular complexity index is 331. The van der Waals surface area contributed by atoms with Gasteiger partial charge in [-0.25, -0.2) is 0 Å². The SMILES string of the molecule is COc1cc(O)cc(N=[N+]=[N-])c1. The van der Waals surface area contributed by atoms with Crippen molar-refractivity contribution in [3.8, 4) is 11.5 Å². The molecule has 0 saturated carbocycles. The molecule has 0 aromatic heterocycles. The number of phenols is 1. The number of methoxy groups -OCH3 is 1. The molecule has 1 aromatic carbocycles. The lowest BCUT2D eigenvalue weighted by Gasteiger charge is -2.00. The molecule has 0 aliphatic rings. The van der Waals surface area contributed by atoms with Crippen LogP contribution >= 0.6 is 0 Å². The normalized spacial score (nSPS) is 8.75. The summed E-state index contributed by atoms with van der Waals surface area (Å²) in [7, 11) is 1.47. The quantitative estimate of drug-likeness (QED) is 0.414. The Morgan fingerprint density at radius 1 is 1.50 bits per heavy atom. The maximum absolute atomic E-state index is 9.09. The van der Waals surface area contributed by atoms with E-state index in [0.29, 0.717) is 11.4 Å². The predicted molar refractivity (Wildman–Crippen MR) is 43.5 cm³/mol. The van der Waals surface area contributed by atoms with Gasteiger partial charge in [0.25, 0.3) is 0 Å². The van der Waals surface area contributed by atoms with Crippen molar-refractivity contribution in [1.29, 1.82) is 0 Å². The number of phenolic OH excluding ortho intramolecular Hbond substituents is 1. The van der Waals surface area contributed by atoms with Gasteiger partial charge in [-0.3, -0.25) is 0 Å². The Hall–Kier alpha value is -1.87. The minimum absolute atomic E-state index is 0.0109. The van der Waals surface area contributed by atoms with Crippen LogP contribution < -0.4 is 4.74 Å². The summed E-state index contributed by atoms with van der Waals surface area (Å²) in [5, 5.41) is 12.4. The van der Waals surface area contributed by atoms with Gasteiger partial charge in [0.1, 0.15) is 11.5 Å². The topological polar surface area (TPSA) is 78.2 Å². The van der Waals surface area contributed by atoms with Crippen molar-refractivity contribution in [3.05, 3.63) is 28.6 Å². The van der Waals surface area contributed by atoms with Crippen LogP contribution in [-0.4, -0.2) is 12.2 Å². The fourth-order valence-electron chi connectivity index (χ4n) is 0.795. The molecule has 0 heterocycles. The Kier molecular flexibility index (Phi) is 2.40. The molecule has 1 aromatic rings. The summed E-state index contributed by atoms with van der Waals surface area (Å²) in [4.78, 5) is 2.58. The number of rotatable bonds is 2. The van der Waals surface area contributed by atoms with E-state index >= 15 is 0 Å². The molecule has 0 bridgehead atoms. The minimum Gasteiger partial charge on any atom is -0.508 e. The minimum atomic E-state index is 0.0109. The zero-order valence-electron chi connectivity index (χ0n) is 6.43. The Morgan fingerprint density at radius 3 is 2.83 bits per heavy atom. The van der Waals surface area contributed by atoms with E-state index in [9.17, 15) is 0 Å². The van der Waals surface area contributed by atoms with Crippen molar-refractivity contribution in [1.82, 2.24) is 0 Å². The van der Waals surface area contributed by atoms with Gasteiger partial charge >= 0.3 is 0 Å². The molecule has 0 unspecified atom stereocenters. The second kappa shape index (κ2) is 3.50. The Morgan fingerprint density at radius 2 is 2.25 bits per heavy atom. The first-order chi connectivity index (χ1) is 5.76. The fraction of sp³-hybridized carbons (Fsp3) is 0.143. The number of nitrogens with zero attached hydrogens (tertiary/aromatic N) is 3. The van der Waals surface area contributed by atoms with Gasteiger partial charge in [0, 0.05) is 16.7 Å². The number of hydrogen-bond acceptors (Lipinski definition) is 3. The number of aromatic hydroxyl groups is 1. The zero-order chi connectivity index (χ0) is 8.97. The van der Waals surface area contributed by atoms with Gasteiger partial charge in [-0.2, -0.15) is 0 Å². The van der Waals surface area contributed by atoms with Crippen LogP contribution in [0.15, 0.2) is 23.3 Å². The molecule has 12 heavy (non-hydrogen) atoms. The lowest BCUT2D eigenvalue weighted by molar-refractivity contribution is 0.408. The van der Waals surface area contributed by atoms with E-state index in [-0.39, 0.29) is 5.75 Å². The van der Waals surface area contributed by atoms with Crippen LogP contribution in [0.5, 0.6) is 11.5 Å². The molecule has 0 aliphatic carbocycles. The van der Waals surface area contributed by atoms with Gasteiger partial charge in [-0.15, -0.1) is 0 Å². The van der Waals surface area contributed by atoms with Crippen molar-refractivity contribution >= 4 is 5.69 Å². The maximum atomic E-state index is 9.09. The molecule has 0 radical (unpaired) electrons.